The molecule has 0 saturated carbocycles. The van der Waals surface area contributed by atoms with Crippen LogP contribution in [0.2, 0.25) is 0 Å². The number of unbranched alkanes of at least 4 members (excludes halogenated alkanes) is 4. The van der Waals surface area contributed by atoms with E-state index in [1.807, 2.05) is 53.9 Å². The van der Waals surface area contributed by atoms with Crippen LogP contribution in [0.15, 0.2) is 90.6 Å². The molecule has 4 heterocycles. The second-order valence-electron chi connectivity index (χ2n) is 15.3. The Morgan fingerprint density at radius 1 is 0.859 bits per heavy atom. The number of rotatable bonds is 19. The molecule has 0 bridgehead atoms. The number of piperidine rings is 1. The zero-order chi connectivity index (χ0) is 45.4. The highest BCUT2D eigenvalue weighted by atomic mass is 32.2. The van der Waals surface area contributed by atoms with Gasteiger partial charge in [-0.2, -0.15) is 0 Å². The number of amides is 7. The minimum absolute atomic E-state index is 0.0440. The first-order valence-corrected chi connectivity index (χ1v) is 23.3. The van der Waals surface area contributed by atoms with Gasteiger partial charge in [0.1, 0.15) is 11.8 Å². The first-order chi connectivity index (χ1) is 30.7. The van der Waals surface area contributed by atoms with E-state index >= 15 is 0 Å². The van der Waals surface area contributed by atoms with Crippen LogP contribution in [0.5, 0.6) is 5.75 Å². The van der Waals surface area contributed by atoms with Crippen molar-refractivity contribution in [3.63, 3.8) is 0 Å². The first-order valence-electron chi connectivity index (χ1n) is 20.6. The second-order valence-corrected chi connectivity index (χ2v) is 18.1. The summed E-state index contributed by atoms with van der Waals surface area (Å²) in [5.74, 6) is -3.13. The van der Waals surface area contributed by atoms with Gasteiger partial charge in [0.2, 0.25) is 33.7 Å². The van der Waals surface area contributed by atoms with E-state index in [9.17, 15) is 42.0 Å². The number of aromatic nitrogens is 2. The molecule has 0 aliphatic carbocycles. The molecular weight excluding hydrogens is 863 g/mol. The van der Waals surface area contributed by atoms with Gasteiger partial charge in [-0.25, -0.2) is 13.4 Å². The zero-order valence-corrected chi connectivity index (χ0v) is 36.4. The van der Waals surface area contributed by atoms with Gasteiger partial charge in [-0.05, 0) is 66.3 Å². The molecule has 7 rings (SSSR count). The van der Waals surface area contributed by atoms with Gasteiger partial charge >= 0.3 is 0 Å². The normalized spacial score (nSPS) is 14.8. The van der Waals surface area contributed by atoms with Crippen LogP contribution in [0.4, 0.5) is 5.13 Å². The fourth-order valence-electron chi connectivity index (χ4n) is 7.32. The summed E-state index contributed by atoms with van der Waals surface area (Å²) in [6.07, 6.45) is 7.96. The Bertz CT molecular complexity index is 2750. The van der Waals surface area contributed by atoms with Gasteiger partial charge in [-0.3, -0.25) is 47.8 Å². The summed E-state index contributed by atoms with van der Waals surface area (Å²) in [4.78, 5) is 93.4. The molecule has 3 aromatic carbocycles. The van der Waals surface area contributed by atoms with E-state index in [4.69, 9.17) is 4.74 Å². The van der Waals surface area contributed by atoms with Crippen molar-refractivity contribution in [3.8, 4) is 28.1 Å². The van der Waals surface area contributed by atoms with Gasteiger partial charge in [0, 0.05) is 42.7 Å². The zero-order valence-electron chi connectivity index (χ0n) is 34.8. The van der Waals surface area contributed by atoms with Crippen LogP contribution in [0.1, 0.15) is 88.0 Å². The maximum Gasteiger partial charge on any atom is 0.266 e. The average Bonchev–Trinajstić information content (AvgIpc) is 4.03. The van der Waals surface area contributed by atoms with Gasteiger partial charge in [0.15, 0.2) is 5.13 Å². The van der Waals surface area contributed by atoms with Crippen LogP contribution >= 0.6 is 11.3 Å². The number of nitrogens with one attached hydrogen (secondary N) is 4. The van der Waals surface area contributed by atoms with Crippen molar-refractivity contribution in [2.75, 3.05) is 24.7 Å². The predicted octanol–water partition coefficient (Wildman–Crippen LogP) is 4.89. The van der Waals surface area contributed by atoms with E-state index < -0.39 is 51.5 Å². The number of imide groups is 2. The molecule has 0 spiro atoms. The van der Waals surface area contributed by atoms with Crippen molar-refractivity contribution in [1.29, 1.82) is 0 Å². The molecule has 2 aliphatic rings. The van der Waals surface area contributed by atoms with E-state index in [1.54, 1.807) is 12.1 Å². The molecule has 332 valence electrons. The Balaban J connectivity index is 0.801. The first kappa shape index (κ1) is 45.0. The van der Waals surface area contributed by atoms with Crippen molar-refractivity contribution < 1.29 is 46.7 Å². The Morgan fingerprint density at radius 2 is 1.59 bits per heavy atom. The Hall–Kier alpha value is -6.99. The molecular formula is C45H45N7O10S2. The fourth-order valence-corrected chi connectivity index (χ4v) is 8.64. The van der Waals surface area contributed by atoms with Crippen molar-refractivity contribution in [3.05, 3.63) is 113 Å². The lowest BCUT2D eigenvalue weighted by molar-refractivity contribution is -0.136. The number of anilines is 1. The molecule has 1 fully saturated rings. The molecule has 0 radical (unpaired) electrons. The summed E-state index contributed by atoms with van der Waals surface area (Å²) in [5.41, 5.74) is 4.72. The topological polar surface area (TPSA) is 232 Å². The summed E-state index contributed by atoms with van der Waals surface area (Å²) >= 11 is 1.23. The largest absolute Gasteiger partial charge is 0.493 e. The third kappa shape index (κ3) is 11.0. The molecule has 17 nitrogen and oxygen atoms in total. The van der Waals surface area contributed by atoms with E-state index in [-0.39, 0.29) is 47.7 Å². The maximum absolute atomic E-state index is 13.3. The third-order valence-electron chi connectivity index (χ3n) is 10.6. The molecule has 4 N–H and O–H groups in total. The quantitative estimate of drug-likeness (QED) is 0.0644. The van der Waals surface area contributed by atoms with Crippen molar-refractivity contribution in [2.45, 2.75) is 64.0 Å². The molecule has 2 aliphatic heterocycles. The van der Waals surface area contributed by atoms with Crippen LogP contribution in [0.3, 0.4) is 0 Å². The number of fused-ring (bicyclic) bond motifs is 1. The number of ether oxygens (including phenoxy) is 1. The standard InChI is InChI=1S/C45H45N7O10S2/c1-64(60,61)51-20-19-32(26-51)41(56)47-25-39(55)50-45-48-34(27-63-45)31-13-8-12-30(23-31)29-11-7-10-28(22-29)24-46-37(53)16-5-3-2-4-6-21-62-36-15-9-14-33-40(36)44(59)52(43(33)58)35-17-18-38(54)49-42(35)57/h7-15,19-20,22-23,26-27,35H,2-6,16-18,21,24-25H2,1H3,(H,46,53)(H,47,56)(H,48,50,55)(H,49,54,57). The highest BCUT2D eigenvalue weighted by Crippen LogP contribution is 2.34. The lowest BCUT2D eigenvalue weighted by Crippen LogP contribution is -2.54. The minimum atomic E-state index is -3.54. The van der Waals surface area contributed by atoms with Crippen LogP contribution < -0.4 is 26.0 Å². The molecule has 5 aromatic rings. The Morgan fingerprint density at radius 3 is 2.38 bits per heavy atom. The van der Waals surface area contributed by atoms with Crippen molar-refractivity contribution in [1.82, 2.24) is 29.8 Å². The van der Waals surface area contributed by atoms with Crippen LogP contribution in [0, 0.1) is 0 Å². The van der Waals surface area contributed by atoms with E-state index in [2.05, 4.69) is 26.3 Å². The summed E-state index contributed by atoms with van der Waals surface area (Å²) in [6.45, 7) is 0.359. The second kappa shape index (κ2) is 20.0. The lowest BCUT2D eigenvalue weighted by atomic mass is 10.0. The summed E-state index contributed by atoms with van der Waals surface area (Å²) in [7, 11) is -3.54. The van der Waals surface area contributed by atoms with Gasteiger partial charge < -0.3 is 20.7 Å². The third-order valence-corrected chi connectivity index (χ3v) is 12.4. The van der Waals surface area contributed by atoms with Gasteiger partial charge in [0.25, 0.3) is 17.7 Å². The maximum atomic E-state index is 13.3. The molecule has 1 saturated heterocycles. The number of hydrogen-bond donors (Lipinski definition) is 4. The van der Waals surface area contributed by atoms with Crippen LogP contribution in [-0.4, -0.2) is 89.1 Å². The highest BCUT2D eigenvalue weighted by molar-refractivity contribution is 7.89. The molecule has 7 amide bonds. The number of carbonyl (C=O) groups is 7. The number of carbonyl (C=O) groups excluding carboxylic acids is 7. The molecule has 64 heavy (non-hydrogen) atoms. The minimum Gasteiger partial charge on any atom is -0.493 e. The highest BCUT2D eigenvalue weighted by Gasteiger charge is 2.46. The van der Waals surface area contributed by atoms with Crippen LogP contribution in [0.25, 0.3) is 22.4 Å². The molecule has 1 atom stereocenters. The van der Waals surface area contributed by atoms with Gasteiger partial charge in [-0.15, -0.1) is 11.3 Å². The van der Waals surface area contributed by atoms with E-state index in [1.165, 1.54) is 35.9 Å². The number of nitrogens with zero attached hydrogens (tertiary/aromatic N) is 3. The van der Waals surface area contributed by atoms with Gasteiger partial charge in [0.05, 0.1) is 41.8 Å². The van der Waals surface area contributed by atoms with Crippen LogP contribution in [-0.2, 0) is 35.7 Å². The molecule has 19 heteroatoms. The van der Waals surface area contributed by atoms with E-state index in [0.717, 1.165) is 63.1 Å². The van der Waals surface area contributed by atoms with Crippen molar-refractivity contribution in [2.24, 2.45) is 0 Å². The summed E-state index contributed by atoms with van der Waals surface area (Å²) in [6, 6.07) is 20.8. The monoisotopic (exact) mass is 907 g/mol. The summed E-state index contributed by atoms with van der Waals surface area (Å²) in [5, 5.41) is 12.5. The number of thiazole rings is 1. The average molecular weight is 908 g/mol. The lowest BCUT2D eigenvalue weighted by Gasteiger charge is -2.27. The predicted molar refractivity (Wildman–Crippen MR) is 237 cm³/mol. The Labute approximate surface area is 372 Å². The molecule has 1 unspecified atom stereocenters. The summed E-state index contributed by atoms with van der Waals surface area (Å²) < 4.78 is 30.2. The SMILES string of the molecule is CS(=O)(=O)n1ccc(C(=O)NCC(=O)Nc2nc(-c3cccc(-c4cccc(CNC(=O)CCCCCCCOc5cccc6c5C(=O)N(C5CCC(=O)NC5=O)C6=O)c4)c3)cs2)c1. The smallest absolute Gasteiger partial charge is 0.266 e. The number of benzene rings is 3. The number of hydrogen-bond acceptors (Lipinski definition) is 12. The fraction of sp³-hybridized carbons (Fsp3) is 0.289. The van der Waals surface area contributed by atoms with E-state index in [0.29, 0.717) is 36.8 Å². The van der Waals surface area contributed by atoms with Gasteiger partial charge in [-0.1, -0.05) is 61.7 Å². The Kier molecular flexibility index (Phi) is 14.1. The molecule has 2 aromatic heterocycles. The van der Waals surface area contributed by atoms with Crippen molar-refractivity contribution >= 4 is 67.8 Å².